The lowest BCUT2D eigenvalue weighted by Gasteiger charge is -2.24. The molecular weight excluding hydrogens is 339 g/mol. The van der Waals surface area contributed by atoms with E-state index in [1.54, 1.807) is 0 Å². The molecule has 0 spiro atoms. The predicted molar refractivity (Wildman–Crippen MR) is 89.9 cm³/mol. The maximum Gasteiger partial charge on any atom is 0.191 e. The minimum Gasteiger partial charge on any atom is -0.356 e. The number of hydrogen-bond donors (Lipinski definition) is 2. The lowest BCUT2D eigenvalue weighted by atomic mass is 10.1. The molecule has 1 heterocycles. The summed E-state index contributed by atoms with van der Waals surface area (Å²) in [5, 5.41) is 6.81. The van der Waals surface area contributed by atoms with Gasteiger partial charge in [-0.3, -0.25) is 4.99 Å². The summed E-state index contributed by atoms with van der Waals surface area (Å²) in [5.41, 5.74) is 0.0625. The van der Waals surface area contributed by atoms with Crippen LogP contribution in [0.2, 0.25) is 0 Å². The molecule has 5 heteroatoms. The summed E-state index contributed by atoms with van der Waals surface area (Å²) < 4.78 is 0. The van der Waals surface area contributed by atoms with E-state index in [9.17, 15) is 0 Å². The molecule has 0 aromatic rings. The van der Waals surface area contributed by atoms with Crippen molar-refractivity contribution in [2.45, 2.75) is 39.7 Å². The Labute approximate surface area is 129 Å². The summed E-state index contributed by atoms with van der Waals surface area (Å²) in [5.74, 6) is 1.67. The zero-order valence-electron chi connectivity index (χ0n) is 12.4. The molecule has 1 fully saturated rings. The van der Waals surface area contributed by atoms with Gasteiger partial charge >= 0.3 is 0 Å². The Morgan fingerprint density at radius 2 is 2.06 bits per heavy atom. The first-order chi connectivity index (χ1) is 7.94. The molecule has 0 saturated carbocycles. The van der Waals surface area contributed by atoms with Crippen LogP contribution >= 0.6 is 24.0 Å². The van der Waals surface area contributed by atoms with Crippen molar-refractivity contribution in [1.82, 2.24) is 15.5 Å². The van der Waals surface area contributed by atoms with Crippen LogP contribution in [0.15, 0.2) is 4.99 Å². The van der Waals surface area contributed by atoms with Crippen LogP contribution in [0.1, 0.15) is 34.1 Å². The van der Waals surface area contributed by atoms with E-state index in [-0.39, 0.29) is 29.5 Å². The Kier molecular flexibility index (Phi) is 8.18. The molecule has 1 saturated heterocycles. The first-order valence-corrected chi connectivity index (χ1v) is 6.65. The number of nitrogens with one attached hydrogen (secondary N) is 2. The molecule has 0 amide bonds. The molecule has 2 N–H and O–H groups in total. The molecule has 1 aliphatic heterocycles. The van der Waals surface area contributed by atoms with E-state index < -0.39 is 0 Å². The third-order valence-electron chi connectivity index (χ3n) is 3.09. The average Bonchev–Trinajstić information content (AvgIpc) is 2.70. The molecule has 0 radical (unpaired) electrons. The first-order valence-electron chi connectivity index (χ1n) is 6.65. The van der Waals surface area contributed by atoms with Crippen LogP contribution in [0.3, 0.4) is 0 Å². The van der Waals surface area contributed by atoms with Crippen LogP contribution in [0.4, 0.5) is 0 Å². The fourth-order valence-corrected chi connectivity index (χ4v) is 2.14. The summed E-state index contributed by atoms with van der Waals surface area (Å²) in [4.78, 5) is 6.76. The summed E-state index contributed by atoms with van der Waals surface area (Å²) in [7, 11) is 1.83. The Bertz CT molecular complexity index is 260. The third kappa shape index (κ3) is 6.78. The van der Waals surface area contributed by atoms with Crippen LogP contribution in [0, 0.1) is 5.92 Å². The maximum absolute atomic E-state index is 4.25. The highest BCUT2D eigenvalue weighted by Gasteiger charge is 2.21. The van der Waals surface area contributed by atoms with Crippen LogP contribution in [-0.2, 0) is 0 Å². The Balaban J connectivity index is 0.00000289. The Hall–Kier alpha value is -0.0400. The lowest BCUT2D eigenvalue weighted by molar-refractivity contribution is 0.341. The fraction of sp³-hybridized carbons (Fsp3) is 0.923. The molecule has 1 atom stereocenters. The Morgan fingerprint density at radius 3 is 2.50 bits per heavy atom. The fourth-order valence-electron chi connectivity index (χ4n) is 2.14. The maximum atomic E-state index is 4.25. The predicted octanol–water partition coefficient (Wildman–Crippen LogP) is 1.91. The zero-order valence-corrected chi connectivity index (χ0v) is 14.7. The summed E-state index contributed by atoms with van der Waals surface area (Å²) in [6, 6.07) is 0. The van der Waals surface area contributed by atoms with Crippen LogP contribution < -0.4 is 10.6 Å². The van der Waals surface area contributed by atoms with Crippen molar-refractivity contribution in [3.8, 4) is 0 Å². The van der Waals surface area contributed by atoms with Gasteiger partial charge in [-0.05, 0) is 46.2 Å². The van der Waals surface area contributed by atoms with Gasteiger partial charge in [0.2, 0.25) is 0 Å². The van der Waals surface area contributed by atoms with E-state index in [0.29, 0.717) is 0 Å². The van der Waals surface area contributed by atoms with E-state index in [2.05, 4.69) is 48.2 Å². The van der Waals surface area contributed by atoms with Crippen molar-refractivity contribution in [2.75, 3.05) is 33.2 Å². The highest BCUT2D eigenvalue weighted by Crippen LogP contribution is 2.14. The van der Waals surface area contributed by atoms with Crippen LogP contribution in [0.5, 0.6) is 0 Å². The number of aliphatic imine (C=N–C) groups is 1. The molecule has 0 aromatic heterocycles. The van der Waals surface area contributed by atoms with Crippen molar-refractivity contribution in [3.63, 3.8) is 0 Å². The monoisotopic (exact) mass is 368 g/mol. The largest absolute Gasteiger partial charge is 0.356 e. The van der Waals surface area contributed by atoms with Gasteiger partial charge in [-0.2, -0.15) is 0 Å². The van der Waals surface area contributed by atoms with Crippen molar-refractivity contribution in [1.29, 1.82) is 0 Å². The molecule has 18 heavy (non-hydrogen) atoms. The van der Waals surface area contributed by atoms with Gasteiger partial charge in [0, 0.05) is 25.7 Å². The number of likely N-dealkylation sites (tertiary alicyclic amines) is 1. The second-order valence-electron chi connectivity index (χ2n) is 5.88. The highest BCUT2D eigenvalue weighted by molar-refractivity contribution is 14.0. The smallest absolute Gasteiger partial charge is 0.191 e. The number of halogens is 1. The van der Waals surface area contributed by atoms with Gasteiger partial charge in [0.05, 0.1) is 0 Å². The van der Waals surface area contributed by atoms with Crippen molar-refractivity contribution in [3.05, 3.63) is 0 Å². The van der Waals surface area contributed by atoms with Gasteiger partial charge in [0.25, 0.3) is 0 Å². The Morgan fingerprint density at radius 1 is 1.39 bits per heavy atom. The molecule has 4 nitrogen and oxygen atoms in total. The minimum absolute atomic E-state index is 0. The van der Waals surface area contributed by atoms with Gasteiger partial charge in [-0.1, -0.05) is 6.92 Å². The SMILES string of the molecule is CCN1CCC(CNC(=NC)NC(C)(C)C)C1.I. The van der Waals surface area contributed by atoms with Gasteiger partial charge in [0.1, 0.15) is 0 Å². The normalized spacial score (nSPS) is 21.6. The van der Waals surface area contributed by atoms with Gasteiger partial charge in [-0.25, -0.2) is 0 Å². The molecule has 0 aromatic carbocycles. The molecule has 1 aliphatic rings. The van der Waals surface area contributed by atoms with Crippen molar-refractivity contribution < 1.29 is 0 Å². The lowest BCUT2D eigenvalue weighted by Crippen LogP contribution is -2.48. The summed E-state index contributed by atoms with van der Waals surface area (Å²) >= 11 is 0. The highest BCUT2D eigenvalue weighted by atomic mass is 127. The van der Waals surface area contributed by atoms with Crippen LogP contribution in [0.25, 0.3) is 0 Å². The molecule has 0 bridgehead atoms. The van der Waals surface area contributed by atoms with E-state index in [1.165, 1.54) is 26.1 Å². The average molecular weight is 368 g/mol. The number of hydrogen-bond acceptors (Lipinski definition) is 2. The molecule has 108 valence electrons. The van der Waals surface area contributed by atoms with E-state index in [4.69, 9.17) is 0 Å². The zero-order chi connectivity index (χ0) is 12.9. The van der Waals surface area contributed by atoms with E-state index in [1.807, 2.05) is 7.05 Å². The van der Waals surface area contributed by atoms with E-state index >= 15 is 0 Å². The minimum atomic E-state index is 0. The number of rotatable bonds is 3. The summed E-state index contributed by atoms with van der Waals surface area (Å²) in [6.45, 7) is 13.3. The quantitative estimate of drug-likeness (QED) is 0.454. The first kappa shape index (κ1) is 18.0. The van der Waals surface area contributed by atoms with Gasteiger partial charge < -0.3 is 15.5 Å². The second kappa shape index (κ2) is 8.19. The molecule has 1 unspecified atom stereocenters. The van der Waals surface area contributed by atoms with E-state index in [0.717, 1.165) is 18.4 Å². The van der Waals surface area contributed by atoms with Crippen molar-refractivity contribution in [2.24, 2.45) is 10.9 Å². The topological polar surface area (TPSA) is 39.7 Å². The third-order valence-corrected chi connectivity index (χ3v) is 3.09. The van der Waals surface area contributed by atoms with Crippen LogP contribution in [-0.4, -0.2) is 49.6 Å². The molecule has 0 aliphatic carbocycles. The van der Waals surface area contributed by atoms with Crippen molar-refractivity contribution >= 4 is 29.9 Å². The van der Waals surface area contributed by atoms with Gasteiger partial charge in [-0.15, -0.1) is 24.0 Å². The standard InChI is InChI=1S/C13H28N4.HI/c1-6-17-8-7-11(10-17)9-15-12(14-5)16-13(2,3)4;/h11H,6-10H2,1-5H3,(H2,14,15,16);1H. The number of nitrogens with zero attached hydrogens (tertiary/aromatic N) is 2. The molecule has 1 rings (SSSR count). The van der Waals surface area contributed by atoms with Gasteiger partial charge in [0.15, 0.2) is 5.96 Å². The summed E-state index contributed by atoms with van der Waals surface area (Å²) in [6.07, 6.45) is 1.30. The molecular formula is C13H29IN4. The number of guanidine groups is 1. The second-order valence-corrected chi connectivity index (χ2v) is 5.88.